The summed E-state index contributed by atoms with van der Waals surface area (Å²) in [6.07, 6.45) is 3.54. The topological polar surface area (TPSA) is 67.5 Å². The minimum atomic E-state index is -0.608. The van der Waals surface area contributed by atoms with Crippen molar-refractivity contribution in [3.63, 3.8) is 0 Å². The third-order valence-corrected chi connectivity index (χ3v) is 2.47. The summed E-state index contributed by atoms with van der Waals surface area (Å²) in [6, 6.07) is -0.608. The van der Waals surface area contributed by atoms with Crippen LogP contribution in [-0.4, -0.2) is 11.7 Å². The predicted molar refractivity (Wildman–Crippen MR) is 63.7 cm³/mol. The maximum atomic E-state index is 10.4. The molecule has 0 aliphatic heterocycles. The number of nitrogens with two attached hydrogens (primary N) is 1. The summed E-state index contributed by atoms with van der Waals surface area (Å²) in [4.78, 5) is 10.4. The van der Waals surface area contributed by atoms with E-state index >= 15 is 0 Å². The number of amides is 2. The summed E-state index contributed by atoms with van der Waals surface area (Å²) in [7, 11) is 0. The quantitative estimate of drug-likeness (QED) is 0.516. The van der Waals surface area contributed by atoms with Crippen LogP contribution in [0.15, 0.2) is 5.10 Å². The second-order valence-corrected chi connectivity index (χ2v) is 4.46. The summed E-state index contributed by atoms with van der Waals surface area (Å²) in [6.45, 7) is 8.47. The minimum Gasteiger partial charge on any atom is -0.350 e. The molecular weight excluding hydrogens is 190 g/mol. The molecule has 0 heterocycles. The average Bonchev–Trinajstić information content (AvgIpc) is 2.13. The van der Waals surface area contributed by atoms with Crippen molar-refractivity contribution in [3.8, 4) is 0 Å². The van der Waals surface area contributed by atoms with Crippen molar-refractivity contribution in [1.29, 1.82) is 0 Å². The minimum absolute atomic E-state index is 0.399. The van der Waals surface area contributed by atoms with Gasteiger partial charge in [-0.05, 0) is 25.2 Å². The molecule has 0 saturated carbocycles. The van der Waals surface area contributed by atoms with Gasteiger partial charge in [-0.2, -0.15) is 5.10 Å². The Labute approximate surface area is 92.3 Å². The molecule has 0 aromatic heterocycles. The molecule has 0 aliphatic rings. The molecule has 0 bridgehead atoms. The Morgan fingerprint density at radius 1 is 1.33 bits per heavy atom. The van der Waals surface area contributed by atoms with Crippen molar-refractivity contribution < 1.29 is 4.79 Å². The van der Waals surface area contributed by atoms with E-state index in [1.165, 1.54) is 12.8 Å². The molecule has 2 amide bonds. The SMILES string of the molecule is CC(=NNC(N)=O)C(C)CCCC(C)C. The van der Waals surface area contributed by atoms with E-state index in [1.54, 1.807) is 0 Å². The predicted octanol–water partition coefficient (Wildman–Crippen LogP) is 2.49. The molecule has 0 spiro atoms. The van der Waals surface area contributed by atoms with Crippen LogP contribution >= 0.6 is 0 Å². The lowest BCUT2D eigenvalue weighted by Gasteiger charge is -2.11. The molecule has 0 aromatic rings. The zero-order valence-corrected chi connectivity index (χ0v) is 10.2. The maximum absolute atomic E-state index is 10.4. The molecular formula is C11H23N3O. The van der Waals surface area contributed by atoms with E-state index in [4.69, 9.17) is 5.73 Å². The van der Waals surface area contributed by atoms with Gasteiger partial charge in [-0.25, -0.2) is 10.2 Å². The molecule has 0 fully saturated rings. The molecule has 88 valence electrons. The van der Waals surface area contributed by atoms with Gasteiger partial charge < -0.3 is 5.73 Å². The molecule has 1 unspecified atom stereocenters. The average molecular weight is 213 g/mol. The standard InChI is InChI=1S/C11H23N3O/c1-8(2)6-5-7-9(3)10(4)13-14-11(12)15/h8-9H,5-7H2,1-4H3,(H3,12,14,15). The molecule has 15 heavy (non-hydrogen) atoms. The van der Waals surface area contributed by atoms with Gasteiger partial charge in [0.1, 0.15) is 0 Å². The van der Waals surface area contributed by atoms with E-state index in [9.17, 15) is 4.79 Å². The van der Waals surface area contributed by atoms with Crippen molar-refractivity contribution in [2.45, 2.75) is 47.0 Å². The lowest BCUT2D eigenvalue weighted by molar-refractivity contribution is 0.249. The van der Waals surface area contributed by atoms with Gasteiger partial charge in [-0.3, -0.25) is 0 Å². The van der Waals surface area contributed by atoms with Crippen molar-refractivity contribution in [2.75, 3.05) is 0 Å². The van der Waals surface area contributed by atoms with Crippen LogP contribution in [0.25, 0.3) is 0 Å². The molecule has 0 aliphatic carbocycles. The lowest BCUT2D eigenvalue weighted by Crippen LogP contribution is -2.26. The van der Waals surface area contributed by atoms with Crippen LogP contribution in [0.1, 0.15) is 47.0 Å². The monoisotopic (exact) mass is 213 g/mol. The first-order valence-electron chi connectivity index (χ1n) is 5.53. The van der Waals surface area contributed by atoms with Gasteiger partial charge in [0.05, 0.1) is 0 Å². The van der Waals surface area contributed by atoms with Crippen LogP contribution in [0.4, 0.5) is 4.79 Å². The fourth-order valence-corrected chi connectivity index (χ4v) is 1.29. The Kier molecular flexibility index (Phi) is 6.75. The number of urea groups is 1. The number of hydrazone groups is 1. The summed E-state index contributed by atoms with van der Waals surface area (Å²) in [5.74, 6) is 1.15. The van der Waals surface area contributed by atoms with Gasteiger partial charge in [-0.15, -0.1) is 0 Å². The summed E-state index contributed by atoms with van der Waals surface area (Å²) < 4.78 is 0. The highest BCUT2D eigenvalue weighted by Crippen LogP contribution is 2.13. The van der Waals surface area contributed by atoms with E-state index in [2.05, 4.69) is 31.3 Å². The van der Waals surface area contributed by atoms with Gasteiger partial charge in [0.25, 0.3) is 0 Å². The Morgan fingerprint density at radius 3 is 2.40 bits per heavy atom. The number of nitrogens with one attached hydrogen (secondary N) is 1. The molecule has 4 heteroatoms. The normalized spacial score (nSPS) is 14.1. The zero-order chi connectivity index (χ0) is 11.8. The second-order valence-electron chi connectivity index (χ2n) is 4.46. The van der Waals surface area contributed by atoms with Gasteiger partial charge in [0.15, 0.2) is 0 Å². The van der Waals surface area contributed by atoms with Crippen molar-refractivity contribution in [3.05, 3.63) is 0 Å². The van der Waals surface area contributed by atoms with Crippen LogP contribution < -0.4 is 11.2 Å². The van der Waals surface area contributed by atoms with Crippen LogP contribution in [-0.2, 0) is 0 Å². The third-order valence-electron chi connectivity index (χ3n) is 2.47. The molecule has 1 atom stereocenters. The molecule has 0 saturated heterocycles. The van der Waals surface area contributed by atoms with E-state index in [1.807, 2.05) is 6.92 Å². The first kappa shape index (κ1) is 13.9. The van der Waals surface area contributed by atoms with Crippen LogP contribution in [0, 0.1) is 11.8 Å². The number of carbonyl (C=O) groups excluding carboxylic acids is 1. The Bertz CT molecular complexity index is 224. The fraction of sp³-hybridized carbons (Fsp3) is 0.818. The van der Waals surface area contributed by atoms with Gasteiger partial charge >= 0.3 is 6.03 Å². The number of carbonyl (C=O) groups is 1. The Balaban J connectivity index is 3.82. The van der Waals surface area contributed by atoms with Gasteiger partial charge in [0, 0.05) is 5.71 Å². The number of hydrogen-bond donors (Lipinski definition) is 2. The number of nitrogens with zero attached hydrogens (tertiary/aromatic N) is 1. The molecule has 3 N–H and O–H groups in total. The van der Waals surface area contributed by atoms with Gasteiger partial charge in [-0.1, -0.05) is 33.6 Å². The highest BCUT2D eigenvalue weighted by Gasteiger charge is 2.06. The smallest absolute Gasteiger partial charge is 0.332 e. The van der Waals surface area contributed by atoms with Crippen LogP contribution in [0.3, 0.4) is 0 Å². The maximum Gasteiger partial charge on any atom is 0.332 e. The largest absolute Gasteiger partial charge is 0.350 e. The molecule has 0 radical (unpaired) electrons. The summed E-state index contributed by atoms with van der Waals surface area (Å²) >= 11 is 0. The summed E-state index contributed by atoms with van der Waals surface area (Å²) in [5, 5.41) is 3.91. The zero-order valence-electron chi connectivity index (χ0n) is 10.2. The van der Waals surface area contributed by atoms with E-state index in [0.717, 1.165) is 18.1 Å². The fourth-order valence-electron chi connectivity index (χ4n) is 1.29. The van der Waals surface area contributed by atoms with Crippen molar-refractivity contribution >= 4 is 11.7 Å². The van der Waals surface area contributed by atoms with E-state index < -0.39 is 6.03 Å². The van der Waals surface area contributed by atoms with E-state index in [0.29, 0.717) is 5.92 Å². The second kappa shape index (κ2) is 7.26. The number of primary amides is 1. The van der Waals surface area contributed by atoms with Crippen molar-refractivity contribution in [2.24, 2.45) is 22.7 Å². The van der Waals surface area contributed by atoms with Crippen LogP contribution in [0.5, 0.6) is 0 Å². The first-order valence-corrected chi connectivity index (χ1v) is 5.53. The number of rotatable bonds is 6. The number of hydrogen-bond acceptors (Lipinski definition) is 2. The summed E-state index contributed by atoms with van der Waals surface area (Å²) in [5.41, 5.74) is 8.10. The Hall–Kier alpha value is -1.06. The highest BCUT2D eigenvalue weighted by atomic mass is 16.2. The molecule has 0 aromatic carbocycles. The van der Waals surface area contributed by atoms with Crippen molar-refractivity contribution in [1.82, 2.24) is 5.43 Å². The third kappa shape index (κ3) is 7.97. The molecule has 4 nitrogen and oxygen atoms in total. The van der Waals surface area contributed by atoms with E-state index in [-0.39, 0.29) is 0 Å². The highest BCUT2D eigenvalue weighted by molar-refractivity contribution is 5.85. The van der Waals surface area contributed by atoms with Crippen LogP contribution in [0.2, 0.25) is 0 Å². The lowest BCUT2D eigenvalue weighted by atomic mass is 9.97. The molecule has 0 rings (SSSR count). The first-order chi connectivity index (χ1) is 6.93. The Morgan fingerprint density at radius 2 is 1.93 bits per heavy atom. The van der Waals surface area contributed by atoms with Gasteiger partial charge in [0.2, 0.25) is 0 Å².